The van der Waals surface area contributed by atoms with Gasteiger partial charge in [0, 0.05) is 25.1 Å². The maximum atomic E-state index is 14.3. The van der Waals surface area contributed by atoms with Crippen molar-refractivity contribution in [2.24, 2.45) is 0 Å². The lowest BCUT2D eigenvalue weighted by atomic mass is 9.97. The first kappa shape index (κ1) is 31.7. The number of carbonyl (C=O) groups is 3. The Morgan fingerprint density at radius 2 is 1.64 bits per heavy atom. The summed E-state index contributed by atoms with van der Waals surface area (Å²) in [5.74, 6) is -0.818. The van der Waals surface area contributed by atoms with Crippen LogP contribution in [0.4, 0.5) is 4.79 Å². The smallest absolute Gasteiger partial charge is 0.408 e. The summed E-state index contributed by atoms with van der Waals surface area (Å²) in [5, 5.41) is 16.7. The fourth-order valence-electron chi connectivity index (χ4n) is 4.23. The van der Waals surface area contributed by atoms with E-state index >= 15 is 0 Å². The van der Waals surface area contributed by atoms with Crippen LogP contribution in [0.5, 0.6) is 5.75 Å². The van der Waals surface area contributed by atoms with Crippen molar-refractivity contribution in [3.63, 3.8) is 0 Å². The first-order chi connectivity index (χ1) is 18.5. The van der Waals surface area contributed by atoms with Gasteiger partial charge in [-0.3, -0.25) is 9.59 Å². The molecular formula is C31H45N3O5. The maximum absolute atomic E-state index is 14.3. The maximum Gasteiger partial charge on any atom is 0.408 e. The molecule has 0 radical (unpaired) electrons. The van der Waals surface area contributed by atoms with Gasteiger partial charge in [-0.05, 0) is 51.7 Å². The molecule has 0 aliphatic heterocycles. The number of nitrogens with zero attached hydrogens (tertiary/aromatic N) is 1. The minimum atomic E-state index is -1.07. The standard InChI is InChI=1S/C31H45N3O5/c1-7-9-19-32-28(36)26(24-18-14-15-22(3)27(24)35)34(20-10-8-2)29(37)25(21-23-16-12-11-13-17-23)33-30(38)39-31(4,5)6/h11-18,25-26,35H,7-10,19-21H2,1-6H3,(H,32,36)(H,33,38). The predicted molar refractivity (Wildman–Crippen MR) is 153 cm³/mol. The number of hydrogen-bond acceptors (Lipinski definition) is 5. The number of alkyl carbamates (subject to hydrolysis) is 1. The van der Waals surface area contributed by atoms with Gasteiger partial charge in [0.1, 0.15) is 23.4 Å². The minimum Gasteiger partial charge on any atom is -0.507 e. The monoisotopic (exact) mass is 539 g/mol. The SMILES string of the molecule is CCCCNC(=O)C(c1cccc(C)c1O)N(CCCC)C(=O)C(Cc1ccccc1)NC(=O)OC(C)(C)C. The summed E-state index contributed by atoms with van der Waals surface area (Å²) < 4.78 is 5.47. The molecule has 0 heterocycles. The molecule has 0 bridgehead atoms. The minimum absolute atomic E-state index is 0.0258. The molecule has 2 aromatic rings. The van der Waals surface area contributed by atoms with E-state index in [2.05, 4.69) is 10.6 Å². The van der Waals surface area contributed by atoms with Crippen molar-refractivity contribution in [2.75, 3.05) is 13.1 Å². The average molecular weight is 540 g/mol. The Kier molecular flexibility index (Phi) is 12.3. The second-order valence-electron chi connectivity index (χ2n) is 10.8. The van der Waals surface area contributed by atoms with E-state index < -0.39 is 29.7 Å². The molecule has 2 rings (SSSR count). The van der Waals surface area contributed by atoms with Crippen LogP contribution in [0, 0.1) is 6.92 Å². The second-order valence-corrected chi connectivity index (χ2v) is 10.8. The van der Waals surface area contributed by atoms with Crippen LogP contribution < -0.4 is 10.6 Å². The topological polar surface area (TPSA) is 108 Å². The molecule has 0 saturated carbocycles. The average Bonchev–Trinajstić information content (AvgIpc) is 2.87. The highest BCUT2D eigenvalue weighted by Gasteiger charge is 2.37. The molecule has 2 unspecified atom stereocenters. The third kappa shape index (κ3) is 9.93. The van der Waals surface area contributed by atoms with E-state index in [1.54, 1.807) is 45.9 Å². The summed E-state index contributed by atoms with van der Waals surface area (Å²) in [7, 11) is 0. The van der Waals surface area contributed by atoms with E-state index in [9.17, 15) is 19.5 Å². The molecule has 0 aliphatic rings. The lowest BCUT2D eigenvalue weighted by Gasteiger charge is -2.35. The Hall–Kier alpha value is -3.55. The highest BCUT2D eigenvalue weighted by Crippen LogP contribution is 2.32. The fourth-order valence-corrected chi connectivity index (χ4v) is 4.23. The number of aromatic hydroxyl groups is 1. The quantitative estimate of drug-likeness (QED) is 0.295. The number of ether oxygens (including phenoxy) is 1. The van der Waals surface area contributed by atoms with E-state index in [4.69, 9.17) is 4.74 Å². The zero-order valence-electron chi connectivity index (χ0n) is 24.3. The molecule has 2 aromatic carbocycles. The largest absolute Gasteiger partial charge is 0.507 e. The van der Waals surface area contributed by atoms with Crippen LogP contribution in [-0.2, 0) is 20.7 Å². The van der Waals surface area contributed by atoms with Crippen molar-refractivity contribution in [3.8, 4) is 5.75 Å². The molecule has 3 amide bonds. The van der Waals surface area contributed by atoms with Gasteiger partial charge in [0.15, 0.2) is 0 Å². The number of hydrogen-bond donors (Lipinski definition) is 3. The van der Waals surface area contributed by atoms with Crippen LogP contribution in [0.1, 0.15) is 83.0 Å². The second kappa shape index (κ2) is 15.1. The van der Waals surface area contributed by atoms with Gasteiger partial charge >= 0.3 is 6.09 Å². The van der Waals surface area contributed by atoms with Crippen LogP contribution in [-0.4, -0.2) is 52.6 Å². The Balaban J connectivity index is 2.56. The van der Waals surface area contributed by atoms with Crippen LogP contribution >= 0.6 is 0 Å². The Bertz CT molecular complexity index is 1080. The number of unbranched alkanes of at least 4 members (excludes halogenated alkanes) is 2. The summed E-state index contributed by atoms with van der Waals surface area (Å²) in [6.07, 6.45) is 2.62. The third-order valence-electron chi connectivity index (χ3n) is 6.26. The number of benzene rings is 2. The van der Waals surface area contributed by atoms with Crippen LogP contribution in [0.2, 0.25) is 0 Å². The number of rotatable bonds is 13. The zero-order chi connectivity index (χ0) is 29.0. The Labute approximate surface area is 233 Å². The summed E-state index contributed by atoms with van der Waals surface area (Å²) >= 11 is 0. The van der Waals surface area contributed by atoms with Crippen molar-refractivity contribution in [1.29, 1.82) is 0 Å². The van der Waals surface area contributed by atoms with E-state index in [0.29, 0.717) is 24.1 Å². The molecule has 8 heteroatoms. The molecule has 0 saturated heterocycles. The number of phenolic OH excluding ortho intramolecular Hbond substituents is 1. The Morgan fingerprint density at radius 3 is 2.26 bits per heavy atom. The van der Waals surface area contributed by atoms with E-state index in [0.717, 1.165) is 24.8 Å². The van der Waals surface area contributed by atoms with Crippen molar-refractivity contribution in [3.05, 3.63) is 65.2 Å². The van der Waals surface area contributed by atoms with Gasteiger partial charge in [-0.15, -0.1) is 0 Å². The summed E-state index contributed by atoms with van der Waals surface area (Å²) in [5.41, 5.74) is 1.06. The highest BCUT2D eigenvalue weighted by molar-refractivity contribution is 5.92. The number of carbonyl (C=O) groups excluding carboxylic acids is 3. The molecule has 39 heavy (non-hydrogen) atoms. The van der Waals surface area contributed by atoms with Crippen LogP contribution in [0.3, 0.4) is 0 Å². The molecule has 214 valence electrons. The van der Waals surface area contributed by atoms with Crippen molar-refractivity contribution in [2.45, 2.75) is 91.3 Å². The summed E-state index contributed by atoms with van der Waals surface area (Å²) in [6.45, 7) is 11.8. The molecule has 8 nitrogen and oxygen atoms in total. The van der Waals surface area contributed by atoms with Gasteiger partial charge in [-0.25, -0.2) is 4.79 Å². The first-order valence-electron chi connectivity index (χ1n) is 13.9. The number of para-hydroxylation sites is 1. The molecule has 2 atom stereocenters. The van der Waals surface area contributed by atoms with Crippen LogP contribution in [0.15, 0.2) is 48.5 Å². The van der Waals surface area contributed by atoms with E-state index in [1.807, 2.05) is 44.2 Å². The Morgan fingerprint density at radius 1 is 0.974 bits per heavy atom. The van der Waals surface area contributed by atoms with E-state index in [1.165, 1.54) is 4.90 Å². The van der Waals surface area contributed by atoms with Crippen molar-refractivity contribution in [1.82, 2.24) is 15.5 Å². The molecule has 0 aromatic heterocycles. The lowest BCUT2D eigenvalue weighted by Crippen LogP contribution is -2.54. The number of nitrogens with one attached hydrogen (secondary N) is 2. The molecule has 3 N–H and O–H groups in total. The van der Waals surface area contributed by atoms with Gasteiger partial charge in [-0.1, -0.05) is 75.2 Å². The molecule has 0 aliphatic carbocycles. The van der Waals surface area contributed by atoms with E-state index in [-0.39, 0.29) is 24.6 Å². The molecule has 0 fully saturated rings. The number of phenols is 1. The van der Waals surface area contributed by atoms with Gasteiger partial charge in [0.25, 0.3) is 0 Å². The zero-order valence-corrected chi connectivity index (χ0v) is 24.3. The van der Waals surface area contributed by atoms with Gasteiger partial charge in [-0.2, -0.15) is 0 Å². The third-order valence-corrected chi connectivity index (χ3v) is 6.26. The first-order valence-corrected chi connectivity index (χ1v) is 13.9. The summed E-state index contributed by atoms with van der Waals surface area (Å²) in [6, 6.07) is 12.5. The van der Waals surface area contributed by atoms with Crippen molar-refractivity contribution >= 4 is 17.9 Å². The van der Waals surface area contributed by atoms with Gasteiger partial charge in [0.2, 0.25) is 11.8 Å². The molecular weight excluding hydrogens is 494 g/mol. The predicted octanol–water partition coefficient (Wildman–Crippen LogP) is 5.42. The van der Waals surface area contributed by atoms with Gasteiger partial charge in [0.05, 0.1) is 0 Å². The lowest BCUT2D eigenvalue weighted by molar-refractivity contribution is -0.142. The fraction of sp³-hybridized carbons (Fsp3) is 0.516. The number of aryl methyl sites for hydroxylation is 1. The van der Waals surface area contributed by atoms with Crippen LogP contribution in [0.25, 0.3) is 0 Å². The number of amides is 3. The summed E-state index contributed by atoms with van der Waals surface area (Å²) in [4.78, 5) is 42.3. The van der Waals surface area contributed by atoms with Crippen molar-refractivity contribution < 1.29 is 24.2 Å². The highest BCUT2D eigenvalue weighted by atomic mass is 16.6. The molecule has 0 spiro atoms. The van der Waals surface area contributed by atoms with Gasteiger partial charge < -0.3 is 25.4 Å². The normalized spacial score (nSPS) is 12.8.